The van der Waals surface area contributed by atoms with Crippen molar-refractivity contribution in [2.45, 2.75) is 199 Å². The van der Waals surface area contributed by atoms with Gasteiger partial charge >= 0.3 is 5.97 Å². The number of carbonyl (C=O) groups is 1. The van der Waals surface area contributed by atoms with Crippen LogP contribution >= 0.6 is 0 Å². The number of cyclic esters (lactones) is 1. The third-order valence-electron chi connectivity index (χ3n) is 8.61. The Morgan fingerprint density at radius 1 is 0.615 bits per heavy atom. The van der Waals surface area contributed by atoms with Crippen molar-refractivity contribution in [1.29, 1.82) is 0 Å². The SMILES string of the molecule is CCCCCCCCCCCCCC[C@H]1O[C@@H]1CCCCCCCCCC/C=C\CCCC1=C[C@@H](C)OC1=O. The average Bonchev–Trinajstić information content (AvgIpc) is 3.59. The second kappa shape index (κ2) is 23.6. The largest absolute Gasteiger partial charge is 0.455 e. The standard InChI is InChI=1S/C36H64O3/c1-3-4-5-6-7-8-9-14-17-20-23-26-29-34-35(39-34)30-27-24-21-18-15-12-10-11-13-16-19-22-25-28-33-31-32(2)38-36(33)37/h16,19,31-32,34-35H,3-15,17-18,20-30H2,1-2H3/b19-16-/t32-,34-,35-/m1/s1. The van der Waals surface area contributed by atoms with Crippen LogP contribution in [0, 0.1) is 0 Å². The van der Waals surface area contributed by atoms with Crippen molar-refractivity contribution in [1.82, 2.24) is 0 Å². The van der Waals surface area contributed by atoms with Crippen LogP contribution in [0.4, 0.5) is 0 Å². The third kappa shape index (κ3) is 18.8. The normalized spacial score (nSPS) is 20.6. The Morgan fingerprint density at radius 2 is 1.05 bits per heavy atom. The van der Waals surface area contributed by atoms with E-state index in [4.69, 9.17) is 9.47 Å². The first-order chi connectivity index (χ1) is 19.2. The molecule has 39 heavy (non-hydrogen) atoms. The number of ether oxygens (including phenoxy) is 2. The first kappa shape index (κ1) is 34.1. The van der Waals surface area contributed by atoms with Crippen LogP contribution in [0.3, 0.4) is 0 Å². The third-order valence-corrected chi connectivity index (χ3v) is 8.61. The predicted octanol–water partition coefficient (Wildman–Crippen LogP) is 11.3. The Morgan fingerprint density at radius 3 is 1.51 bits per heavy atom. The van der Waals surface area contributed by atoms with Crippen molar-refractivity contribution in [2.75, 3.05) is 0 Å². The maximum atomic E-state index is 11.6. The van der Waals surface area contributed by atoms with Crippen molar-refractivity contribution >= 4 is 5.97 Å². The van der Waals surface area contributed by atoms with E-state index in [2.05, 4.69) is 19.1 Å². The molecule has 0 aromatic heterocycles. The lowest BCUT2D eigenvalue weighted by molar-refractivity contribution is -0.139. The first-order valence-electron chi connectivity index (χ1n) is 17.4. The predicted molar refractivity (Wildman–Crippen MR) is 167 cm³/mol. The second-order valence-electron chi connectivity index (χ2n) is 12.5. The fourth-order valence-electron chi connectivity index (χ4n) is 6.00. The van der Waals surface area contributed by atoms with Crippen molar-refractivity contribution in [3.05, 3.63) is 23.8 Å². The zero-order chi connectivity index (χ0) is 27.8. The summed E-state index contributed by atoms with van der Waals surface area (Å²) >= 11 is 0. The molecule has 0 aliphatic carbocycles. The highest BCUT2D eigenvalue weighted by atomic mass is 16.6. The molecule has 3 heteroatoms. The lowest BCUT2D eigenvalue weighted by Gasteiger charge is -2.02. The Balaban J connectivity index is 1.22. The highest BCUT2D eigenvalue weighted by Gasteiger charge is 2.36. The molecule has 1 saturated heterocycles. The monoisotopic (exact) mass is 544 g/mol. The highest BCUT2D eigenvalue weighted by Crippen LogP contribution is 2.32. The molecule has 0 N–H and O–H groups in total. The summed E-state index contributed by atoms with van der Waals surface area (Å²) in [6, 6.07) is 0. The smallest absolute Gasteiger partial charge is 0.334 e. The molecule has 3 nitrogen and oxygen atoms in total. The molecule has 226 valence electrons. The highest BCUT2D eigenvalue weighted by molar-refractivity contribution is 5.90. The molecule has 0 radical (unpaired) electrons. The maximum Gasteiger partial charge on any atom is 0.334 e. The van der Waals surface area contributed by atoms with Crippen LogP contribution in [0.2, 0.25) is 0 Å². The van der Waals surface area contributed by atoms with Crippen LogP contribution in [0.25, 0.3) is 0 Å². The summed E-state index contributed by atoms with van der Waals surface area (Å²) in [7, 11) is 0. The van der Waals surface area contributed by atoms with Crippen molar-refractivity contribution in [3.8, 4) is 0 Å². The van der Waals surface area contributed by atoms with Gasteiger partial charge in [0.25, 0.3) is 0 Å². The summed E-state index contributed by atoms with van der Waals surface area (Å²) in [4.78, 5) is 11.6. The van der Waals surface area contributed by atoms with E-state index in [1.54, 1.807) is 0 Å². The molecule has 0 aromatic carbocycles. The first-order valence-corrected chi connectivity index (χ1v) is 17.4. The topological polar surface area (TPSA) is 38.8 Å². The summed E-state index contributed by atoms with van der Waals surface area (Å²) in [6.07, 6.45) is 42.7. The van der Waals surface area contributed by atoms with Gasteiger partial charge in [0, 0.05) is 5.57 Å². The lowest BCUT2D eigenvalue weighted by Crippen LogP contribution is -2.03. The summed E-state index contributed by atoms with van der Waals surface area (Å²) in [5, 5.41) is 0. The average molecular weight is 545 g/mol. The van der Waals surface area contributed by atoms with E-state index in [1.807, 2.05) is 13.0 Å². The van der Waals surface area contributed by atoms with Crippen molar-refractivity contribution in [2.24, 2.45) is 0 Å². The Labute approximate surface area is 243 Å². The number of esters is 1. The molecule has 2 rings (SSSR count). The minimum atomic E-state index is -0.114. The number of rotatable bonds is 28. The fraction of sp³-hybridized carbons (Fsp3) is 0.861. The van der Waals surface area contributed by atoms with E-state index in [1.165, 1.54) is 148 Å². The van der Waals surface area contributed by atoms with E-state index < -0.39 is 0 Å². The van der Waals surface area contributed by atoms with Crippen molar-refractivity contribution in [3.63, 3.8) is 0 Å². The van der Waals surface area contributed by atoms with Crippen LogP contribution in [0.1, 0.15) is 181 Å². The van der Waals surface area contributed by atoms with Gasteiger partial charge in [-0.1, -0.05) is 141 Å². The van der Waals surface area contributed by atoms with Gasteiger partial charge in [-0.05, 0) is 57.9 Å². The molecule has 2 aliphatic heterocycles. The molecule has 3 atom stereocenters. The molecule has 2 heterocycles. The Kier molecular flexibility index (Phi) is 20.6. The van der Waals surface area contributed by atoms with E-state index in [9.17, 15) is 4.79 Å². The number of hydrogen-bond acceptors (Lipinski definition) is 3. The van der Waals surface area contributed by atoms with Crippen LogP contribution in [0.15, 0.2) is 23.8 Å². The molecule has 0 amide bonds. The molecule has 1 fully saturated rings. The van der Waals surface area contributed by atoms with Gasteiger partial charge in [-0.15, -0.1) is 0 Å². The summed E-state index contributed by atoms with van der Waals surface area (Å²) in [5.74, 6) is -0.114. The zero-order valence-corrected chi connectivity index (χ0v) is 26.1. The van der Waals surface area contributed by atoms with E-state index in [-0.39, 0.29) is 12.1 Å². The van der Waals surface area contributed by atoms with E-state index in [0.717, 1.165) is 24.8 Å². The van der Waals surface area contributed by atoms with Gasteiger partial charge in [0.2, 0.25) is 0 Å². The number of epoxide rings is 1. The van der Waals surface area contributed by atoms with Crippen LogP contribution in [-0.2, 0) is 14.3 Å². The van der Waals surface area contributed by atoms with Gasteiger partial charge in [0.05, 0.1) is 12.2 Å². The molecule has 2 aliphatic rings. The molecule has 0 aromatic rings. The Hall–Kier alpha value is -1.09. The van der Waals surface area contributed by atoms with E-state index >= 15 is 0 Å². The van der Waals surface area contributed by atoms with Crippen LogP contribution in [-0.4, -0.2) is 24.3 Å². The van der Waals surface area contributed by atoms with Gasteiger partial charge in [0.1, 0.15) is 6.10 Å². The number of allylic oxidation sites excluding steroid dienone is 2. The van der Waals surface area contributed by atoms with Gasteiger partial charge in [-0.3, -0.25) is 0 Å². The van der Waals surface area contributed by atoms with Gasteiger partial charge in [-0.25, -0.2) is 4.79 Å². The molecule has 0 saturated carbocycles. The van der Waals surface area contributed by atoms with Gasteiger partial charge in [-0.2, -0.15) is 0 Å². The minimum Gasteiger partial charge on any atom is -0.455 e. The number of hydrogen-bond donors (Lipinski definition) is 0. The minimum absolute atomic E-state index is 0.0354. The lowest BCUT2D eigenvalue weighted by atomic mass is 10.0. The molecular formula is C36H64O3. The molecule has 0 unspecified atom stereocenters. The van der Waals surface area contributed by atoms with E-state index in [0.29, 0.717) is 12.2 Å². The van der Waals surface area contributed by atoms with Crippen LogP contribution in [0.5, 0.6) is 0 Å². The number of unbranched alkanes of at least 4 members (excludes halogenated alkanes) is 20. The summed E-state index contributed by atoms with van der Waals surface area (Å²) in [6.45, 7) is 4.22. The molecular weight excluding hydrogens is 480 g/mol. The maximum absolute atomic E-state index is 11.6. The second-order valence-corrected chi connectivity index (χ2v) is 12.5. The molecule has 0 spiro atoms. The fourth-order valence-corrected chi connectivity index (χ4v) is 6.00. The Bertz CT molecular complexity index is 652. The van der Waals surface area contributed by atoms with Crippen molar-refractivity contribution < 1.29 is 14.3 Å². The zero-order valence-electron chi connectivity index (χ0n) is 26.1. The summed E-state index contributed by atoms with van der Waals surface area (Å²) < 4.78 is 11.1. The van der Waals surface area contributed by atoms with Gasteiger partial charge in [0.15, 0.2) is 0 Å². The summed E-state index contributed by atoms with van der Waals surface area (Å²) in [5.41, 5.74) is 0.867. The molecule has 0 bridgehead atoms. The van der Waals surface area contributed by atoms with Gasteiger partial charge < -0.3 is 9.47 Å². The quantitative estimate of drug-likeness (QED) is 0.0425. The van der Waals surface area contributed by atoms with Crippen LogP contribution < -0.4 is 0 Å². The number of carbonyl (C=O) groups excluding carboxylic acids is 1.